The highest BCUT2D eigenvalue weighted by Crippen LogP contribution is 2.08. The Morgan fingerprint density at radius 2 is 2.33 bits per heavy atom. The van der Waals surface area contributed by atoms with Crippen molar-refractivity contribution in [3.05, 3.63) is 12.2 Å². The van der Waals surface area contributed by atoms with Gasteiger partial charge in [0.1, 0.15) is 6.04 Å². The molecule has 0 amide bonds. The van der Waals surface area contributed by atoms with E-state index in [2.05, 4.69) is 21.1 Å². The second-order valence-corrected chi connectivity index (χ2v) is 3.08. The van der Waals surface area contributed by atoms with Crippen molar-refractivity contribution >= 4 is 27.0 Å². The largest absolute Gasteiger partial charge is 0.480 e. The van der Waals surface area contributed by atoms with E-state index in [-0.39, 0.29) is 0 Å². The maximum absolute atomic E-state index is 10.5. The summed E-state index contributed by atoms with van der Waals surface area (Å²) in [6.07, 6.45) is 1.16. The van der Waals surface area contributed by atoms with E-state index >= 15 is 0 Å². The second kappa shape index (κ2) is 6.41. The van der Waals surface area contributed by atoms with Crippen molar-refractivity contribution in [2.75, 3.05) is 5.88 Å². The maximum atomic E-state index is 10.5. The molecule has 70 valence electrons. The first kappa shape index (κ1) is 11.9. The summed E-state index contributed by atoms with van der Waals surface area (Å²) in [7, 11) is 2.19. The molecular formula is C7H13ClNO2P. The molecule has 0 aliphatic rings. The molecule has 3 nitrogen and oxygen atoms in total. The summed E-state index contributed by atoms with van der Waals surface area (Å²) in [5.74, 6) is -0.462. The van der Waals surface area contributed by atoms with Gasteiger partial charge in [0.25, 0.3) is 0 Å². The summed E-state index contributed by atoms with van der Waals surface area (Å²) in [6, 6.07) is -0.532. The van der Waals surface area contributed by atoms with Crippen LogP contribution in [-0.2, 0) is 4.79 Å². The van der Waals surface area contributed by atoms with E-state index in [0.717, 1.165) is 5.57 Å². The smallest absolute Gasteiger partial charge is 0.320 e. The molecule has 0 saturated heterocycles. The zero-order chi connectivity index (χ0) is 9.56. The van der Waals surface area contributed by atoms with Gasteiger partial charge >= 0.3 is 5.97 Å². The number of nitrogens with one attached hydrogen (secondary N) is 1. The van der Waals surface area contributed by atoms with E-state index < -0.39 is 12.0 Å². The average Bonchev–Trinajstić information content (AvgIpc) is 2.04. The highest BCUT2D eigenvalue weighted by atomic mass is 35.5. The van der Waals surface area contributed by atoms with Crippen molar-refractivity contribution in [1.29, 1.82) is 0 Å². The Labute approximate surface area is 79.4 Å². The minimum atomic E-state index is -0.854. The third kappa shape index (κ3) is 4.70. The van der Waals surface area contributed by atoms with Gasteiger partial charge in [-0.1, -0.05) is 21.5 Å². The van der Waals surface area contributed by atoms with Crippen molar-refractivity contribution in [3.8, 4) is 0 Å². The van der Waals surface area contributed by atoms with Gasteiger partial charge in [0.2, 0.25) is 0 Å². The quantitative estimate of drug-likeness (QED) is 0.395. The van der Waals surface area contributed by atoms with Crippen LogP contribution in [0.15, 0.2) is 12.2 Å². The molecule has 0 bridgehead atoms. The van der Waals surface area contributed by atoms with E-state index in [1.807, 2.05) is 0 Å². The number of carbonyl (C=O) groups is 1. The van der Waals surface area contributed by atoms with Gasteiger partial charge in [0.15, 0.2) is 0 Å². The SMILES string of the molecule is C=C(CCl)CC[C@H](NP)C(=O)O. The van der Waals surface area contributed by atoms with Gasteiger partial charge in [-0.25, -0.2) is 0 Å². The molecule has 0 aromatic rings. The minimum Gasteiger partial charge on any atom is -0.480 e. The molecule has 0 heterocycles. The number of aliphatic carboxylic acids is 1. The van der Waals surface area contributed by atoms with Crippen LogP contribution in [0.5, 0.6) is 0 Å². The molecule has 2 N–H and O–H groups in total. The zero-order valence-electron chi connectivity index (χ0n) is 6.72. The summed E-state index contributed by atoms with van der Waals surface area (Å²) in [6.45, 7) is 3.68. The van der Waals surface area contributed by atoms with Gasteiger partial charge in [-0.15, -0.1) is 11.6 Å². The van der Waals surface area contributed by atoms with E-state index in [9.17, 15) is 4.79 Å². The van der Waals surface area contributed by atoms with Gasteiger partial charge < -0.3 is 5.11 Å². The number of rotatable bonds is 6. The highest BCUT2D eigenvalue weighted by Gasteiger charge is 2.14. The van der Waals surface area contributed by atoms with Crippen LogP contribution in [0.1, 0.15) is 12.8 Å². The fraction of sp³-hybridized carbons (Fsp3) is 0.571. The predicted molar refractivity (Wildman–Crippen MR) is 53.4 cm³/mol. The van der Waals surface area contributed by atoms with Crippen LogP contribution in [0, 0.1) is 0 Å². The fourth-order valence-corrected chi connectivity index (χ4v) is 1.14. The Bertz CT molecular complexity index is 175. The first-order valence-corrected chi connectivity index (χ1v) is 4.64. The molecule has 0 radical (unpaired) electrons. The van der Waals surface area contributed by atoms with Gasteiger partial charge in [-0.05, 0) is 12.8 Å². The summed E-state index contributed by atoms with van der Waals surface area (Å²) in [5, 5.41) is 11.2. The summed E-state index contributed by atoms with van der Waals surface area (Å²) < 4.78 is 0. The molecule has 2 atom stereocenters. The van der Waals surface area contributed by atoms with Crippen molar-refractivity contribution in [1.82, 2.24) is 5.09 Å². The van der Waals surface area contributed by atoms with Gasteiger partial charge in [0, 0.05) is 5.88 Å². The van der Waals surface area contributed by atoms with Crippen molar-refractivity contribution < 1.29 is 9.90 Å². The molecule has 0 aliphatic carbocycles. The molecule has 12 heavy (non-hydrogen) atoms. The lowest BCUT2D eigenvalue weighted by Crippen LogP contribution is -2.30. The standard InChI is InChI=1S/C7H13ClNO2P/c1-5(4-8)2-3-6(9-12)7(10)11/h6,9H,1-4,12H2,(H,10,11)/t6-/m0/s1. The molecule has 0 aromatic carbocycles. The van der Waals surface area contributed by atoms with Crippen molar-refractivity contribution in [2.45, 2.75) is 18.9 Å². The van der Waals surface area contributed by atoms with E-state index in [1.54, 1.807) is 0 Å². The van der Waals surface area contributed by atoms with Crippen LogP contribution in [0.25, 0.3) is 0 Å². The number of halogens is 1. The molecular weight excluding hydrogens is 197 g/mol. The first-order chi connectivity index (χ1) is 5.61. The van der Waals surface area contributed by atoms with Crippen LogP contribution in [-0.4, -0.2) is 23.0 Å². The number of carboxylic acids is 1. The predicted octanol–water partition coefficient (Wildman–Crippen LogP) is 1.39. The van der Waals surface area contributed by atoms with E-state index in [1.165, 1.54) is 0 Å². The Hall–Kier alpha value is -0.110. The van der Waals surface area contributed by atoms with Gasteiger partial charge in [-0.2, -0.15) is 0 Å². The Kier molecular flexibility index (Phi) is 6.35. The van der Waals surface area contributed by atoms with Gasteiger partial charge in [0.05, 0.1) is 0 Å². The number of hydrogen-bond acceptors (Lipinski definition) is 2. The van der Waals surface area contributed by atoms with Crippen LogP contribution in [0.3, 0.4) is 0 Å². The Morgan fingerprint density at radius 3 is 2.67 bits per heavy atom. The average molecular weight is 210 g/mol. The highest BCUT2D eigenvalue weighted by molar-refractivity contribution is 7.13. The molecule has 0 aliphatic heterocycles. The minimum absolute atomic E-state index is 0.392. The number of carboxylic acid groups (broad SMARTS) is 1. The zero-order valence-corrected chi connectivity index (χ0v) is 8.63. The van der Waals surface area contributed by atoms with Crippen LogP contribution < -0.4 is 5.09 Å². The van der Waals surface area contributed by atoms with E-state index in [4.69, 9.17) is 16.7 Å². The lowest BCUT2D eigenvalue weighted by molar-refractivity contribution is -0.139. The molecule has 0 fully saturated rings. The normalized spacial score (nSPS) is 12.5. The number of hydrogen-bond donors (Lipinski definition) is 2. The lowest BCUT2D eigenvalue weighted by atomic mass is 10.1. The first-order valence-electron chi connectivity index (χ1n) is 3.53. The third-order valence-corrected chi connectivity index (χ3v) is 2.26. The summed E-state index contributed by atoms with van der Waals surface area (Å²) in [4.78, 5) is 10.5. The molecule has 0 rings (SSSR count). The molecule has 0 aromatic heterocycles. The van der Waals surface area contributed by atoms with E-state index in [0.29, 0.717) is 18.7 Å². The fourth-order valence-electron chi connectivity index (χ4n) is 0.693. The monoisotopic (exact) mass is 209 g/mol. The molecule has 1 unspecified atom stereocenters. The van der Waals surface area contributed by atoms with Gasteiger partial charge in [-0.3, -0.25) is 9.88 Å². The maximum Gasteiger partial charge on any atom is 0.320 e. The number of alkyl halides is 1. The molecule has 5 heteroatoms. The van der Waals surface area contributed by atoms with Crippen molar-refractivity contribution in [3.63, 3.8) is 0 Å². The third-order valence-electron chi connectivity index (χ3n) is 1.47. The van der Waals surface area contributed by atoms with Crippen LogP contribution in [0.4, 0.5) is 0 Å². The topological polar surface area (TPSA) is 49.3 Å². The second-order valence-electron chi connectivity index (χ2n) is 2.48. The summed E-state index contributed by atoms with van der Waals surface area (Å²) >= 11 is 5.49. The lowest BCUT2D eigenvalue weighted by Gasteiger charge is -2.10. The van der Waals surface area contributed by atoms with Crippen LogP contribution >= 0.6 is 21.0 Å². The van der Waals surface area contributed by atoms with Crippen molar-refractivity contribution in [2.24, 2.45) is 0 Å². The summed E-state index contributed by atoms with van der Waals surface area (Å²) in [5.41, 5.74) is 0.864. The molecule has 0 saturated carbocycles. The Balaban J connectivity index is 3.73. The Morgan fingerprint density at radius 1 is 1.75 bits per heavy atom. The van der Waals surface area contributed by atoms with Crippen LogP contribution in [0.2, 0.25) is 0 Å². The number of allylic oxidation sites excluding steroid dienone is 1. The molecule has 0 spiro atoms.